The van der Waals surface area contributed by atoms with Crippen molar-refractivity contribution >= 4 is 6.08 Å². The lowest BCUT2D eigenvalue weighted by atomic mass is 10.2. The summed E-state index contributed by atoms with van der Waals surface area (Å²) in [6.45, 7) is 4.00. The molecule has 1 aliphatic rings. The van der Waals surface area contributed by atoms with Crippen LogP contribution in [-0.4, -0.2) is 4.98 Å². The van der Waals surface area contributed by atoms with Crippen LogP contribution in [0.4, 0.5) is 0 Å². The summed E-state index contributed by atoms with van der Waals surface area (Å²) in [6, 6.07) is 1.82. The predicted molar refractivity (Wildman–Crippen MR) is 48.8 cm³/mol. The van der Waals surface area contributed by atoms with Crippen molar-refractivity contribution in [3.8, 4) is 5.75 Å². The van der Waals surface area contributed by atoms with Crippen molar-refractivity contribution in [2.75, 3.05) is 0 Å². The second-order valence-electron chi connectivity index (χ2n) is 1.96. The van der Waals surface area contributed by atoms with Crippen LogP contribution in [0.15, 0.2) is 30.5 Å². The Labute approximate surface area is 72.2 Å². The van der Waals surface area contributed by atoms with Crippen LogP contribution in [0.3, 0.4) is 0 Å². The van der Waals surface area contributed by atoms with Gasteiger partial charge in [-0.05, 0) is 12.1 Å². The van der Waals surface area contributed by atoms with Gasteiger partial charge in [-0.2, -0.15) is 0 Å². The van der Waals surface area contributed by atoms with Gasteiger partial charge in [0.05, 0.1) is 0 Å². The minimum Gasteiger partial charge on any atom is -0.456 e. The van der Waals surface area contributed by atoms with Crippen molar-refractivity contribution in [2.45, 2.75) is 13.8 Å². The zero-order chi connectivity index (χ0) is 8.81. The standard InChI is InChI=1S/C8H5NO.C2H6/c1-2-7-6-9-4-3-8(7)10-5-1;1-2/h2-6H;1-2H3. The van der Waals surface area contributed by atoms with Gasteiger partial charge in [-0.15, -0.1) is 0 Å². The first-order valence-electron chi connectivity index (χ1n) is 3.98. The Hall–Kier alpha value is -1.53. The van der Waals surface area contributed by atoms with Crippen LogP contribution in [0.25, 0.3) is 6.08 Å². The Bertz CT molecular complexity index is 311. The van der Waals surface area contributed by atoms with Crippen LogP contribution in [0.2, 0.25) is 0 Å². The smallest absolute Gasteiger partial charge is 0.138 e. The van der Waals surface area contributed by atoms with E-state index in [9.17, 15) is 0 Å². The summed E-state index contributed by atoms with van der Waals surface area (Å²) in [5.74, 6) is 0.841. The summed E-state index contributed by atoms with van der Waals surface area (Å²) < 4.78 is 5.12. The van der Waals surface area contributed by atoms with E-state index in [0.29, 0.717) is 0 Å². The molecule has 0 atom stereocenters. The van der Waals surface area contributed by atoms with Crippen molar-refractivity contribution in [1.82, 2.24) is 4.98 Å². The van der Waals surface area contributed by atoms with E-state index in [-0.39, 0.29) is 0 Å². The first-order valence-corrected chi connectivity index (χ1v) is 3.98. The molecule has 0 saturated carbocycles. The van der Waals surface area contributed by atoms with Crippen molar-refractivity contribution in [3.05, 3.63) is 36.0 Å². The van der Waals surface area contributed by atoms with Crippen molar-refractivity contribution in [3.63, 3.8) is 0 Å². The Morgan fingerprint density at radius 3 is 3.00 bits per heavy atom. The SMILES string of the molecule is C1=COc2ccncc2C=1.CC. The van der Waals surface area contributed by atoms with Crippen LogP contribution in [0.5, 0.6) is 5.75 Å². The monoisotopic (exact) mass is 161 g/mol. The molecular formula is C10H11NO. The molecule has 0 unspecified atom stereocenters. The normalized spacial score (nSPS) is 10.8. The molecule has 2 rings (SSSR count). The molecule has 1 aromatic heterocycles. The molecule has 0 aromatic carbocycles. The van der Waals surface area contributed by atoms with Gasteiger partial charge in [-0.1, -0.05) is 19.6 Å². The zero-order valence-corrected chi connectivity index (χ0v) is 7.24. The quantitative estimate of drug-likeness (QED) is 0.546. The summed E-state index contributed by atoms with van der Waals surface area (Å²) in [5, 5.41) is 0. The third-order valence-electron chi connectivity index (χ3n) is 1.30. The molecule has 12 heavy (non-hydrogen) atoms. The topological polar surface area (TPSA) is 22.1 Å². The summed E-state index contributed by atoms with van der Waals surface area (Å²) in [5.41, 5.74) is 3.81. The maximum atomic E-state index is 5.12. The van der Waals surface area contributed by atoms with Gasteiger partial charge in [0.1, 0.15) is 12.0 Å². The van der Waals surface area contributed by atoms with E-state index < -0.39 is 0 Å². The highest BCUT2D eigenvalue weighted by Gasteiger charge is 1.99. The lowest BCUT2D eigenvalue weighted by Gasteiger charge is -2.04. The van der Waals surface area contributed by atoms with E-state index in [0.717, 1.165) is 11.3 Å². The number of ether oxygens (including phenoxy) is 1. The van der Waals surface area contributed by atoms with Gasteiger partial charge in [0, 0.05) is 18.0 Å². The van der Waals surface area contributed by atoms with Crippen LogP contribution < -0.4 is 4.74 Å². The molecule has 2 nitrogen and oxygen atoms in total. The molecule has 0 saturated heterocycles. The molecule has 2 heteroatoms. The maximum Gasteiger partial charge on any atom is 0.138 e. The number of hydrogen-bond donors (Lipinski definition) is 0. The van der Waals surface area contributed by atoms with Gasteiger partial charge >= 0.3 is 0 Å². The highest BCUT2D eigenvalue weighted by atomic mass is 16.5. The van der Waals surface area contributed by atoms with Gasteiger partial charge in [0.25, 0.3) is 0 Å². The summed E-state index contributed by atoms with van der Waals surface area (Å²) in [7, 11) is 0. The Kier molecular flexibility index (Phi) is 3.12. The van der Waals surface area contributed by atoms with E-state index in [2.05, 4.69) is 10.7 Å². The van der Waals surface area contributed by atoms with Gasteiger partial charge in [-0.3, -0.25) is 4.98 Å². The van der Waals surface area contributed by atoms with Crippen molar-refractivity contribution < 1.29 is 4.74 Å². The number of nitrogens with zero attached hydrogens (tertiary/aromatic N) is 1. The third kappa shape index (κ3) is 1.74. The fourth-order valence-corrected chi connectivity index (χ4v) is 0.831. The average Bonchev–Trinajstić information content (AvgIpc) is 2.21. The molecule has 0 bridgehead atoms. The lowest BCUT2D eigenvalue weighted by Crippen LogP contribution is -1.88. The molecule has 1 aromatic rings. The lowest BCUT2D eigenvalue weighted by molar-refractivity contribution is 0.478. The van der Waals surface area contributed by atoms with E-state index >= 15 is 0 Å². The van der Waals surface area contributed by atoms with Gasteiger partial charge in [0.2, 0.25) is 0 Å². The van der Waals surface area contributed by atoms with Crippen molar-refractivity contribution in [1.29, 1.82) is 0 Å². The number of pyridine rings is 1. The maximum absolute atomic E-state index is 5.12. The molecule has 62 valence electrons. The van der Waals surface area contributed by atoms with Crippen LogP contribution >= 0.6 is 0 Å². The molecular weight excluding hydrogens is 150 g/mol. The molecule has 0 N–H and O–H groups in total. The first-order chi connectivity index (χ1) is 5.97. The summed E-state index contributed by atoms with van der Waals surface area (Å²) in [4.78, 5) is 3.93. The minimum atomic E-state index is 0.841. The minimum absolute atomic E-state index is 0.841. The Morgan fingerprint density at radius 1 is 1.42 bits per heavy atom. The molecule has 0 fully saturated rings. The fourth-order valence-electron chi connectivity index (χ4n) is 0.831. The van der Waals surface area contributed by atoms with Crippen LogP contribution in [0.1, 0.15) is 19.4 Å². The number of aromatic nitrogens is 1. The molecule has 1 aliphatic heterocycles. The van der Waals surface area contributed by atoms with Gasteiger partial charge in [-0.25, -0.2) is 0 Å². The fraction of sp³-hybridized carbons (Fsp3) is 0.200. The van der Waals surface area contributed by atoms with Gasteiger partial charge < -0.3 is 4.74 Å². The molecule has 0 radical (unpaired) electrons. The van der Waals surface area contributed by atoms with Gasteiger partial charge in [0.15, 0.2) is 0 Å². The molecule has 0 aliphatic carbocycles. The molecule has 2 heterocycles. The van der Waals surface area contributed by atoms with E-state index in [1.54, 1.807) is 12.4 Å². The second-order valence-corrected chi connectivity index (χ2v) is 1.96. The highest BCUT2D eigenvalue weighted by Crippen LogP contribution is 2.19. The van der Waals surface area contributed by atoms with Crippen LogP contribution in [0, 0.1) is 0 Å². The zero-order valence-electron chi connectivity index (χ0n) is 7.24. The number of hydrogen-bond acceptors (Lipinski definition) is 2. The molecule has 0 spiro atoms. The second kappa shape index (κ2) is 4.37. The van der Waals surface area contributed by atoms with Crippen molar-refractivity contribution in [2.24, 2.45) is 0 Å². The summed E-state index contributed by atoms with van der Waals surface area (Å²) >= 11 is 0. The Morgan fingerprint density at radius 2 is 2.25 bits per heavy atom. The Balaban J connectivity index is 0.000000336. The van der Waals surface area contributed by atoms with Crippen LogP contribution in [-0.2, 0) is 0 Å². The van der Waals surface area contributed by atoms with E-state index in [4.69, 9.17) is 4.74 Å². The third-order valence-corrected chi connectivity index (χ3v) is 1.30. The van der Waals surface area contributed by atoms with E-state index in [1.807, 2.05) is 26.0 Å². The largest absolute Gasteiger partial charge is 0.456 e. The predicted octanol–water partition coefficient (Wildman–Crippen LogP) is 2.63. The molecule has 0 amide bonds. The first kappa shape index (κ1) is 8.57. The number of rotatable bonds is 0. The van der Waals surface area contributed by atoms with E-state index in [1.165, 1.54) is 6.26 Å². The summed E-state index contributed by atoms with van der Waals surface area (Å²) in [6.07, 6.45) is 6.81. The highest BCUT2D eigenvalue weighted by molar-refractivity contribution is 5.56. The number of fused-ring (bicyclic) bond motifs is 1. The average molecular weight is 161 g/mol.